The van der Waals surface area contributed by atoms with E-state index in [4.69, 9.17) is 11.6 Å². The minimum absolute atomic E-state index is 0.0555. The lowest BCUT2D eigenvalue weighted by Crippen LogP contribution is -2.22. The molecular weight excluding hydrogens is 326 g/mol. The summed E-state index contributed by atoms with van der Waals surface area (Å²) in [6.45, 7) is 2.41. The number of aromatic nitrogens is 5. The maximum absolute atomic E-state index is 12.8. The molecule has 0 radical (unpaired) electrons. The molecule has 0 spiro atoms. The zero-order valence-electron chi connectivity index (χ0n) is 13.6. The van der Waals surface area contributed by atoms with Gasteiger partial charge in [0.1, 0.15) is 0 Å². The Morgan fingerprint density at radius 2 is 1.88 bits per heavy atom. The first kappa shape index (κ1) is 15.0. The second-order valence-electron chi connectivity index (χ2n) is 5.94. The lowest BCUT2D eigenvalue weighted by molar-refractivity contribution is 0.550. The van der Waals surface area contributed by atoms with Crippen LogP contribution < -0.4 is 5.56 Å². The molecule has 0 aliphatic carbocycles. The quantitative estimate of drug-likeness (QED) is 0.563. The highest BCUT2D eigenvalue weighted by Gasteiger charge is 2.18. The molecule has 0 atom stereocenters. The zero-order chi connectivity index (χ0) is 17.0. The summed E-state index contributed by atoms with van der Waals surface area (Å²) in [5.41, 5.74) is 3.47. The van der Waals surface area contributed by atoms with Crippen LogP contribution in [0.15, 0.2) is 35.3 Å². The fraction of sp³-hybridized carbons (Fsp3) is 0.235. The summed E-state index contributed by atoms with van der Waals surface area (Å²) in [5.74, 6) is 0. The number of aryl methyl sites for hydroxylation is 3. The number of benzene rings is 1. The molecule has 1 aromatic carbocycles. The molecule has 0 fully saturated rings. The van der Waals surface area contributed by atoms with Gasteiger partial charge in [0.15, 0.2) is 5.65 Å². The van der Waals surface area contributed by atoms with Crippen molar-refractivity contribution in [2.75, 3.05) is 0 Å². The third kappa shape index (κ3) is 2.06. The molecule has 0 unspecified atom stereocenters. The molecule has 0 N–H and O–H groups in total. The van der Waals surface area contributed by atoms with Crippen molar-refractivity contribution < 1.29 is 0 Å². The van der Waals surface area contributed by atoms with E-state index in [2.05, 4.69) is 10.1 Å². The molecule has 122 valence electrons. The largest absolute Gasteiger partial charge is 0.284 e. The van der Waals surface area contributed by atoms with Crippen molar-refractivity contribution in [1.29, 1.82) is 0 Å². The van der Waals surface area contributed by atoms with E-state index in [0.29, 0.717) is 17.0 Å². The van der Waals surface area contributed by atoms with Gasteiger partial charge >= 0.3 is 0 Å². The van der Waals surface area contributed by atoms with Crippen LogP contribution in [0, 0.1) is 6.92 Å². The zero-order valence-corrected chi connectivity index (χ0v) is 14.4. The smallest absolute Gasteiger partial charge is 0.276 e. The van der Waals surface area contributed by atoms with Crippen LogP contribution >= 0.6 is 11.6 Å². The van der Waals surface area contributed by atoms with E-state index in [1.807, 2.05) is 50.0 Å². The minimum atomic E-state index is -0.0555. The third-order valence-electron chi connectivity index (χ3n) is 4.40. The molecule has 0 bridgehead atoms. The summed E-state index contributed by atoms with van der Waals surface area (Å²) in [6.07, 6.45) is 1.64. The van der Waals surface area contributed by atoms with E-state index in [0.717, 1.165) is 27.8 Å². The van der Waals surface area contributed by atoms with Gasteiger partial charge < -0.3 is 0 Å². The monoisotopic (exact) mass is 341 g/mol. The summed E-state index contributed by atoms with van der Waals surface area (Å²) >= 11 is 5.94. The highest BCUT2D eigenvalue weighted by atomic mass is 35.5. The topological polar surface area (TPSA) is 57.6 Å². The maximum Gasteiger partial charge on any atom is 0.276 e. The van der Waals surface area contributed by atoms with Gasteiger partial charge in [0.05, 0.1) is 28.5 Å². The summed E-state index contributed by atoms with van der Waals surface area (Å²) in [7, 11) is 3.75. The number of rotatable bonds is 2. The summed E-state index contributed by atoms with van der Waals surface area (Å²) in [6, 6.07) is 7.51. The lowest BCUT2D eigenvalue weighted by atomic mass is 10.2. The second-order valence-corrected chi connectivity index (χ2v) is 6.38. The Morgan fingerprint density at radius 1 is 1.17 bits per heavy atom. The molecule has 4 aromatic rings. The highest BCUT2D eigenvalue weighted by Crippen LogP contribution is 2.24. The molecule has 3 heterocycles. The van der Waals surface area contributed by atoms with Crippen LogP contribution in [0.5, 0.6) is 0 Å². The van der Waals surface area contributed by atoms with E-state index < -0.39 is 0 Å². The average Bonchev–Trinajstić information content (AvgIpc) is 2.98. The fourth-order valence-electron chi connectivity index (χ4n) is 3.22. The summed E-state index contributed by atoms with van der Waals surface area (Å²) in [4.78, 5) is 17.3. The van der Waals surface area contributed by atoms with Gasteiger partial charge in [-0.1, -0.05) is 23.7 Å². The highest BCUT2D eigenvalue weighted by molar-refractivity contribution is 6.30. The van der Waals surface area contributed by atoms with E-state index in [9.17, 15) is 4.79 Å². The van der Waals surface area contributed by atoms with Gasteiger partial charge in [0, 0.05) is 25.3 Å². The van der Waals surface area contributed by atoms with Gasteiger partial charge in [-0.3, -0.25) is 14.2 Å². The Bertz CT molecular complexity index is 1130. The predicted octanol–water partition coefficient (Wildman–Crippen LogP) is 2.63. The van der Waals surface area contributed by atoms with E-state index in [-0.39, 0.29) is 5.56 Å². The molecular formula is C17H16ClN5O. The summed E-state index contributed by atoms with van der Waals surface area (Å²) in [5, 5.41) is 6.64. The normalized spacial score (nSPS) is 11.7. The van der Waals surface area contributed by atoms with Crippen molar-refractivity contribution in [1.82, 2.24) is 24.1 Å². The molecule has 0 aliphatic rings. The van der Waals surface area contributed by atoms with Crippen molar-refractivity contribution in [3.63, 3.8) is 0 Å². The first-order chi connectivity index (χ1) is 11.5. The van der Waals surface area contributed by atoms with Gasteiger partial charge in [-0.25, -0.2) is 9.67 Å². The van der Waals surface area contributed by atoms with Crippen LogP contribution in [0.3, 0.4) is 0 Å². The van der Waals surface area contributed by atoms with Crippen LogP contribution in [0.4, 0.5) is 0 Å². The standard InChI is InChI=1S/C17H16ClN5O/c1-10-14-15-13(8-19-16(14)21(2)20-10)17(24)23(22(15)3)9-11-4-6-12(18)7-5-11/h4-8H,9H2,1-3H3. The molecule has 4 rings (SSSR count). The van der Waals surface area contributed by atoms with Crippen LogP contribution in [-0.4, -0.2) is 24.1 Å². The Morgan fingerprint density at radius 3 is 2.58 bits per heavy atom. The molecule has 0 saturated carbocycles. The first-order valence-electron chi connectivity index (χ1n) is 7.59. The van der Waals surface area contributed by atoms with Crippen molar-refractivity contribution >= 4 is 33.5 Å². The average molecular weight is 342 g/mol. The minimum Gasteiger partial charge on any atom is -0.284 e. The van der Waals surface area contributed by atoms with Crippen molar-refractivity contribution in [2.24, 2.45) is 14.1 Å². The van der Waals surface area contributed by atoms with Gasteiger partial charge in [0.25, 0.3) is 5.56 Å². The van der Waals surface area contributed by atoms with E-state index >= 15 is 0 Å². The molecule has 0 saturated heterocycles. The SMILES string of the molecule is Cc1nn(C)c2ncc3c(=O)n(Cc4ccc(Cl)cc4)n(C)c3c12. The van der Waals surface area contributed by atoms with Crippen LogP contribution in [0.2, 0.25) is 5.02 Å². The number of fused-ring (bicyclic) bond motifs is 3. The molecule has 0 aliphatic heterocycles. The van der Waals surface area contributed by atoms with Gasteiger partial charge in [-0.05, 0) is 24.6 Å². The van der Waals surface area contributed by atoms with Crippen LogP contribution in [0.25, 0.3) is 21.9 Å². The molecule has 0 amide bonds. The van der Waals surface area contributed by atoms with Gasteiger partial charge in [-0.2, -0.15) is 5.10 Å². The molecule has 6 nitrogen and oxygen atoms in total. The second kappa shape index (κ2) is 5.21. The van der Waals surface area contributed by atoms with Gasteiger partial charge in [0.2, 0.25) is 0 Å². The number of pyridine rings is 1. The lowest BCUT2D eigenvalue weighted by Gasteiger charge is -2.08. The number of nitrogens with zero attached hydrogens (tertiary/aromatic N) is 5. The van der Waals surface area contributed by atoms with Crippen LogP contribution in [0.1, 0.15) is 11.3 Å². The Kier molecular flexibility index (Phi) is 3.25. The molecule has 3 aromatic heterocycles. The predicted molar refractivity (Wildman–Crippen MR) is 94.5 cm³/mol. The summed E-state index contributed by atoms with van der Waals surface area (Å²) < 4.78 is 5.34. The maximum atomic E-state index is 12.8. The third-order valence-corrected chi connectivity index (χ3v) is 4.65. The van der Waals surface area contributed by atoms with Crippen molar-refractivity contribution in [3.8, 4) is 0 Å². The van der Waals surface area contributed by atoms with E-state index in [1.165, 1.54) is 0 Å². The van der Waals surface area contributed by atoms with Gasteiger partial charge in [-0.15, -0.1) is 0 Å². The Balaban J connectivity index is 1.99. The Labute approximate surface area is 142 Å². The molecule has 7 heteroatoms. The number of hydrogen-bond donors (Lipinski definition) is 0. The van der Waals surface area contributed by atoms with Crippen LogP contribution in [-0.2, 0) is 20.6 Å². The van der Waals surface area contributed by atoms with Crippen molar-refractivity contribution in [3.05, 3.63) is 57.1 Å². The van der Waals surface area contributed by atoms with E-state index in [1.54, 1.807) is 15.6 Å². The first-order valence-corrected chi connectivity index (χ1v) is 7.97. The number of halogens is 1. The van der Waals surface area contributed by atoms with Crippen molar-refractivity contribution in [2.45, 2.75) is 13.5 Å². The molecule has 24 heavy (non-hydrogen) atoms. The fourth-order valence-corrected chi connectivity index (χ4v) is 3.35. The Hall–Kier alpha value is -2.60. The number of hydrogen-bond acceptors (Lipinski definition) is 3.